The lowest BCUT2D eigenvalue weighted by molar-refractivity contribution is 0.362. The first-order valence-corrected chi connectivity index (χ1v) is 4.38. The standard InChI is InChI=1S/C9H9FN4O/c1-5(11)9-13-8(14-15-9)7-3-2-6(10)4-12-7/h2-5H,11H2,1H3/t5-/m0/s1. The Kier molecular flexibility index (Phi) is 2.42. The zero-order valence-electron chi connectivity index (χ0n) is 8.01. The van der Waals surface area contributed by atoms with Gasteiger partial charge in [-0.05, 0) is 19.1 Å². The third-order valence-corrected chi connectivity index (χ3v) is 1.79. The molecule has 0 aliphatic carbocycles. The van der Waals surface area contributed by atoms with Crippen LogP contribution in [0.2, 0.25) is 0 Å². The van der Waals surface area contributed by atoms with E-state index >= 15 is 0 Å². The Morgan fingerprint density at radius 1 is 1.47 bits per heavy atom. The van der Waals surface area contributed by atoms with Crippen LogP contribution in [-0.4, -0.2) is 15.1 Å². The van der Waals surface area contributed by atoms with Crippen molar-refractivity contribution in [3.05, 3.63) is 30.0 Å². The maximum absolute atomic E-state index is 12.6. The van der Waals surface area contributed by atoms with Crippen LogP contribution in [0.15, 0.2) is 22.9 Å². The maximum Gasteiger partial charge on any atom is 0.243 e. The summed E-state index contributed by atoms with van der Waals surface area (Å²) >= 11 is 0. The average Bonchev–Trinajstić information content (AvgIpc) is 2.68. The van der Waals surface area contributed by atoms with Gasteiger partial charge < -0.3 is 10.3 Å². The third-order valence-electron chi connectivity index (χ3n) is 1.79. The SMILES string of the molecule is C[C@H](N)c1nc(-c2ccc(F)cn2)no1. The van der Waals surface area contributed by atoms with E-state index in [1.54, 1.807) is 6.92 Å². The molecule has 0 saturated heterocycles. The van der Waals surface area contributed by atoms with E-state index in [0.29, 0.717) is 17.4 Å². The predicted octanol–water partition coefficient (Wildman–Crippen LogP) is 1.29. The minimum Gasteiger partial charge on any atom is -0.337 e. The molecule has 0 aliphatic rings. The summed E-state index contributed by atoms with van der Waals surface area (Å²) in [5.74, 6) is 0.230. The van der Waals surface area contributed by atoms with E-state index in [9.17, 15) is 4.39 Å². The van der Waals surface area contributed by atoms with E-state index in [1.807, 2.05) is 0 Å². The highest BCUT2D eigenvalue weighted by Gasteiger charge is 2.12. The van der Waals surface area contributed by atoms with E-state index in [4.69, 9.17) is 10.3 Å². The molecule has 0 saturated carbocycles. The number of aromatic nitrogens is 3. The molecule has 6 heteroatoms. The van der Waals surface area contributed by atoms with E-state index in [1.165, 1.54) is 12.1 Å². The number of nitrogens with zero attached hydrogens (tertiary/aromatic N) is 3. The molecule has 2 aromatic rings. The Bertz CT molecular complexity index is 451. The summed E-state index contributed by atoms with van der Waals surface area (Å²) in [6.07, 6.45) is 1.09. The minimum absolute atomic E-state index is 0.308. The van der Waals surface area contributed by atoms with E-state index < -0.39 is 5.82 Å². The fourth-order valence-corrected chi connectivity index (χ4v) is 1.03. The molecule has 0 aliphatic heterocycles. The first kappa shape index (κ1) is 9.72. The molecule has 15 heavy (non-hydrogen) atoms. The van der Waals surface area contributed by atoms with Crippen LogP contribution in [0.1, 0.15) is 18.9 Å². The lowest BCUT2D eigenvalue weighted by atomic mass is 10.3. The maximum atomic E-state index is 12.6. The molecule has 1 atom stereocenters. The molecule has 0 radical (unpaired) electrons. The summed E-state index contributed by atoms with van der Waals surface area (Å²) in [5.41, 5.74) is 6.00. The quantitative estimate of drug-likeness (QED) is 0.804. The smallest absolute Gasteiger partial charge is 0.243 e. The normalized spacial score (nSPS) is 12.7. The van der Waals surface area contributed by atoms with Crippen molar-refractivity contribution >= 4 is 0 Å². The molecule has 0 bridgehead atoms. The number of pyridine rings is 1. The molecule has 0 aromatic carbocycles. The predicted molar refractivity (Wildman–Crippen MR) is 50.1 cm³/mol. The highest BCUT2D eigenvalue weighted by Crippen LogP contribution is 2.15. The largest absolute Gasteiger partial charge is 0.337 e. The van der Waals surface area contributed by atoms with Crippen molar-refractivity contribution < 1.29 is 8.91 Å². The van der Waals surface area contributed by atoms with Crippen LogP contribution in [0.3, 0.4) is 0 Å². The van der Waals surface area contributed by atoms with Crippen LogP contribution < -0.4 is 5.73 Å². The molecule has 2 heterocycles. The van der Waals surface area contributed by atoms with E-state index in [2.05, 4.69) is 15.1 Å². The van der Waals surface area contributed by atoms with Gasteiger partial charge in [0.2, 0.25) is 11.7 Å². The number of hydrogen-bond acceptors (Lipinski definition) is 5. The molecule has 78 valence electrons. The Morgan fingerprint density at radius 2 is 2.27 bits per heavy atom. The van der Waals surface area contributed by atoms with Crippen LogP contribution in [-0.2, 0) is 0 Å². The van der Waals surface area contributed by atoms with Crippen molar-refractivity contribution in [2.45, 2.75) is 13.0 Å². The first-order chi connectivity index (χ1) is 7.16. The van der Waals surface area contributed by atoms with Gasteiger partial charge in [0.15, 0.2) is 0 Å². The second-order valence-corrected chi connectivity index (χ2v) is 3.11. The number of rotatable bonds is 2. The van der Waals surface area contributed by atoms with Crippen LogP contribution in [0.5, 0.6) is 0 Å². The molecule has 2 aromatic heterocycles. The van der Waals surface area contributed by atoms with E-state index in [0.717, 1.165) is 6.20 Å². The van der Waals surface area contributed by atoms with Crippen LogP contribution in [0, 0.1) is 5.82 Å². The van der Waals surface area contributed by atoms with Gasteiger partial charge in [0.05, 0.1) is 12.2 Å². The van der Waals surface area contributed by atoms with Crippen LogP contribution in [0.4, 0.5) is 4.39 Å². The van der Waals surface area contributed by atoms with Crippen molar-refractivity contribution in [2.24, 2.45) is 5.73 Å². The summed E-state index contributed by atoms with van der Waals surface area (Å²) in [7, 11) is 0. The Morgan fingerprint density at radius 3 is 2.80 bits per heavy atom. The molecule has 2 rings (SSSR count). The van der Waals surface area contributed by atoms with Gasteiger partial charge in [-0.25, -0.2) is 9.37 Å². The van der Waals surface area contributed by atoms with Gasteiger partial charge in [-0.1, -0.05) is 5.16 Å². The molecule has 0 spiro atoms. The van der Waals surface area contributed by atoms with Crippen molar-refractivity contribution in [2.75, 3.05) is 0 Å². The fraction of sp³-hybridized carbons (Fsp3) is 0.222. The van der Waals surface area contributed by atoms with Crippen LogP contribution in [0.25, 0.3) is 11.5 Å². The topological polar surface area (TPSA) is 77.8 Å². The Hall–Kier alpha value is -1.82. The van der Waals surface area contributed by atoms with Crippen molar-refractivity contribution in [1.29, 1.82) is 0 Å². The third kappa shape index (κ3) is 1.99. The highest BCUT2D eigenvalue weighted by molar-refractivity contribution is 5.47. The van der Waals surface area contributed by atoms with Crippen molar-refractivity contribution in [3.63, 3.8) is 0 Å². The Balaban J connectivity index is 2.33. The lowest BCUT2D eigenvalue weighted by Gasteiger charge is -1.93. The van der Waals surface area contributed by atoms with Gasteiger partial charge in [-0.2, -0.15) is 4.98 Å². The summed E-state index contributed by atoms with van der Waals surface area (Å²) < 4.78 is 17.5. The molecule has 2 N–H and O–H groups in total. The first-order valence-electron chi connectivity index (χ1n) is 4.38. The second kappa shape index (κ2) is 3.74. The van der Waals surface area contributed by atoms with Gasteiger partial charge in [0.1, 0.15) is 11.5 Å². The fourth-order valence-electron chi connectivity index (χ4n) is 1.03. The number of hydrogen-bond donors (Lipinski definition) is 1. The zero-order valence-corrected chi connectivity index (χ0v) is 8.01. The Labute approximate surface area is 85.1 Å². The summed E-state index contributed by atoms with van der Waals surface area (Å²) in [6, 6.07) is 2.43. The molecule has 0 fully saturated rings. The van der Waals surface area contributed by atoms with Gasteiger partial charge in [-0.15, -0.1) is 0 Å². The van der Waals surface area contributed by atoms with Gasteiger partial charge >= 0.3 is 0 Å². The molecular formula is C9H9FN4O. The minimum atomic E-state index is -0.408. The molecular weight excluding hydrogens is 199 g/mol. The highest BCUT2D eigenvalue weighted by atomic mass is 19.1. The number of nitrogens with two attached hydrogens (primary N) is 1. The van der Waals surface area contributed by atoms with Crippen molar-refractivity contribution in [3.8, 4) is 11.5 Å². The molecule has 0 amide bonds. The van der Waals surface area contributed by atoms with Gasteiger partial charge in [0, 0.05) is 0 Å². The summed E-state index contributed by atoms with van der Waals surface area (Å²) in [4.78, 5) is 7.84. The van der Waals surface area contributed by atoms with E-state index in [-0.39, 0.29) is 6.04 Å². The molecule has 0 unspecified atom stereocenters. The summed E-state index contributed by atoms with van der Waals surface area (Å²) in [5, 5.41) is 3.69. The number of halogens is 1. The van der Waals surface area contributed by atoms with Crippen LogP contribution >= 0.6 is 0 Å². The van der Waals surface area contributed by atoms with Crippen molar-refractivity contribution in [1.82, 2.24) is 15.1 Å². The zero-order chi connectivity index (χ0) is 10.8. The monoisotopic (exact) mass is 208 g/mol. The lowest BCUT2D eigenvalue weighted by Crippen LogP contribution is -2.04. The second-order valence-electron chi connectivity index (χ2n) is 3.11. The summed E-state index contributed by atoms with van der Waals surface area (Å²) in [6.45, 7) is 1.73. The average molecular weight is 208 g/mol. The molecule has 5 nitrogen and oxygen atoms in total. The van der Waals surface area contributed by atoms with Gasteiger partial charge in [-0.3, -0.25) is 0 Å². The van der Waals surface area contributed by atoms with Gasteiger partial charge in [0.25, 0.3) is 0 Å².